The Labute approximate surface area is 141 Å². The summed E-state index contributed by atoms with van der Waals surface area (Å²) in [6, 6.07) is 6.05. The van der Waals surface area contributed by atoms with E-state index in [4.69, 9.17) is 0 Å². The van der Waals surface area contributed by atoms with Gasteiger partial charge in [-0.15, -0.1) is 0 Å². The molecule has 1 aliphatic carbocycles. The van der Waals surface area contributed by atoms with Crippen LogP contribution in [-0.2, 0) is 4.79 Å². The minimum Gasteiger partial charge on any atom is -0.341 e. The molecule has 4 nitrogen and oxygen atoms in total. The van der Waals surface area contributed by atoms with Gasteiger partial charge in [-0.3, -0.25) is 9.59 Å². The first-order chi connectivity index (χ1) is 11.6. The third kappa shape index (κ3) is 3.83. The van der Waals surface area contributed by atoms with Crippen molar-refractivity contribution in [3.63, 3.8) is 0 Å². The maximum absolute atomic E-state index is 13.8. The lowest BCUT2D eigenvalue weighted by Gasteiger charge is -2.23. The van der Waals surface area contributed by atoms with Crippen LogP contribution in [0.5, 0.6) is 0 Å². The van der Waals surface area contributed by atoms with Gasteiger partial charge in [0.1, 0.15) is 5.82 Å². The molecule has 128 valence electrons. The Balaban J connectivity index is 1.58. The average molecular weight is 330 g/mol. The lowest BCUT2D eigenvalue weighted by atomic mass is 10.0. The third-order valence-corrected chi connectivity index (χ3v) is 4.79. The maximum atomic E-state index is 13.8. The molecule has 1 aliphatic heterocycles. The Morgan fingerprint density at radius 3 is 2.58 bits per heavy atom. The highest BCUT2D eigenvalue weighted by Crippen LogP contribution is 2.22. The lowest BCUT2D eigenvalue weighted by Crippen LogP contribution is -2.38. The zero-order chi connectivity index (χ0) is 16.9. The summed E-state index contributed by atoms with van der Waals surface area (Å²) in [5.41, 5.74) is 0.105. The second kappa shape index (κ2) is 7.60. The Bertz CT molecular complexity index is 644. The van der Waals surface area contributed by atoms with Gasteiger partial charge in [0.15, 0.2) is 0 Å². The molecule has 1 aromatic carbocycles. The van der Waals surface area contributed by atoms with Gasteiger partial charge in [0.05, 0.1) is 5.56 Å². The van der Waals surface area contributed by atoms with E-state index in [1.54, 1.807) is 17.0 Å². The molecule has 1 unspecified atom stereocenters. The van der Waals surface area contributed by atoms with Crippen molar-refractivity contribution >= 4 is 11.8 Å². The van der Waals surface area contributed by atoms with E-state index in [2.05, 4.69) is 12.2 Å². The van der Waals surface area contributed by atoms with Crippen molar-refractivity contribution in [3.05, 3.63) is 47.8 Å². The van der Waals surface area contributed by atoms with Crippen LogP contribution in [0.2, 0.25) is 0 Å². The van der Waals surface area contributed by atoms with Crippen LogP contribution in [0.4, 0.5) is 4.39 Å². The summed E-state index contributed by atoms with van der Waals surface area (Å²) in [5, 5.41) is 0. The highest BCUT2D eigenvalue weighted by molar-refractivity contribution is 5.94. The predicted octanol–water partition coefficient (Wildman–Crippen LogP) is 2.86. The number of hydrogen-bond donors (Lipinski definition) is 0. The van der Waals surface area contributed by atoms with E-state index in [9.17, 15) is 14.0 Å². The monoisotopic (exact) mass is 330 g/mol. The quantitative estimate of drug-likeness (QED) is 0.800. The minimum absolute atomic E-state index is 0.105. The lowest BCUT2D eigenvalue weighted by molar-refractivity contribution is -0.131. The molecular formula is C19H23FN2O2. The first-order valence-corrected chi connectivity index (χ1v) is 8.63. The number of nitrogens with zero attached hydrogens (tertiary/aromatic N) is 2. The van der Waals surface area contributed by atoms with Crippen molar-refractivity contribution in [3.8, 4) is 0 Å². The molecule has 0 bridgehead atoms. The topological polar surface area (TPSA) is 40.6 Å². The van der Waals surface area contributed by atoms with Crippen LogP contribution in [0.15, 0.2) is 36.4 Å². The van der Waals surface area contributed by atoms with Crippen LogP contribution < -0.4 is 0 Å². The van der Waals surface area contributed by atoms with E-state index in [0.29, 0.717) is 38.5 Å². The van der Waals surface area contributed by atoms with Crippen molar-refractivity contribution in [2.75, 3.05) is 26.2 Å². The molecule has 1 heterocycles. The first kappa shape index (κ1) is 16.7. The fourth-order valence-electron chi connectivity index (χ4n) is 3.39. The molecule has 5 heteroatoms. The summed E-state index contributed by atoms with van der Waals surface area (Å²) in [5.74, 6) is -0.266. The fourth-order valence-corrected chi connectivity index (χ4v) is 3.39. The van der Waals surface area contributed by atoms with Gasteiger partial charge in [0.2, 0.25) is 5.91 Å². The van der Waals surface area contributed by atoms with Crippen molar-refractivity contribution in [2.45, 2.75) is 25.7 Å². The van der Waals surface area contributed by atoms with Gasteiger partial charge < -0.3 is 9.80 Å². The van der Waals surface area contributed by atoms with Gasteiger partial charge in [-0.2, -0.15) is 0 Å². The standard InChI is InChI=1S/C19H23FN2O2/c20-17-9-4-3-8-16(17)19(24)22-11-5-10-21(12-13-22)18(23)14-15-6-1-2-7-15/h1,3-4,6,8-9,15H,2,5,7,10-14H2. The first-order valence-electron chi connectivity index (χ1n) is 8.63. The molecule has 0 spiro atoms. The molecule has 3 rings (SSSR count). The fraction of sp³-hybridized carbons (Fsp3) is 0.474. The van der Waals surface area contributed by atoms with Gasteiger partial charge in [-0.25, -0.2) is 4.39 Å². The summed E-state index contributed by atoms with van der Waals surface area (Å²) >= 11 is 0. The maximum Gasteiger partial charge on any atom is 0.256 e. The summed E-state index contributed by atoms with van der Waals surface area (Å²) in [6.45, 7) is 2.20. The Morgan fingerprint density at radius 1 is 1.08 bits per heavy atom. The van der Waals surface area contributed by atoms with E-state index in [-0.39, 0.29) is 17.4 Å². The summed E-state index contributed by atoms with van der Waals surface area (Å²) < 4.78 is 13.8. The van der Waals surface area contributed by atoms with Crippen LogP contribution in [0, 0.1) is 11.7 Å². The Kier molecular flexibility index (Phi) is 5.28. The zero-order valence-electron chi connectivity index (χ0n) is 13.8. The minimum atomic E-state index is -0.493. The van der Waals surface area contributed by atoms with E-state index in [0.717, 1.165) is 19.3 Å². The number of allylic oxidation sites excluding steroid dienone is 2. The number of halogens is 1. The van der Waals surface area contributed by atoms with E-state index >= 15 is 0 Å². The molecule has 0 radical (unpaired) electrons. The second-order valence-corrected chi connectivity index (χ2v) is 6.48. The highest BCUT2D eigenvalue weighted by Gasteiger charge is 2.25. The van der Waals surface area contributed by atoms with Gasteiger partial charge in [0.25, 0.3) is 5.91 Å². The van der Waals surface area contributed by atoms with Crippen LogP contribution in [0.1, 0.15) is 36.0 Å². The molecule has 2 amide bonds. The van der Waals surface area contributed by atoms with Crippen molar-refractivity contribution in [1.29, 1.82) is 0 Å². The summed E-state index contributed by atoms with van der Waals surface area (Å²) in [4.78, 5) is 28.4. The largest absolute Gasteiger partial charge is 0.341 e. The number of benzene rings is 1. The van der Waals surface area contributed by atoms with Gasteiger partial charge in [0, 0.05) is 32.6 Å². The molecule has 24 heavy (non-hydrogen) atoms. The van der Waals surface area contributed by atoms with Gasteiger partial charge >= 0.3 is 0 Å². The van der Waals surface area contributed by atoms with E-state index < -0.39 is 5.82 Å². The van der Waals surface area contributed by atoms with Crippen LogP contribution in [0.3, 0.4) is 0 Å². The molecule has 2 aliphatic rings. The van der Waals surface area contributed by atoms with Crippen LogP contribution >= 0.6 is 0 Å². The molecule has 0 N–H and O–H groups in total. The molecule has 1 atom stereocenters. The molecule has 1 aromatic rings. The van der Waals surface area contributed by atoms with Gasteiger partial charge in [-0.1, -0.05) is 24.3 Å². The third-order valence-electron chi connectivity index (χ3n) is 4.79. The van der Waals surface area contributed by atoms with Crippen molar-refractivity contribution < 1.29 is 14.0 Å². The SMILES string of the molecule is O=C(CC1C=CCC1)N1CCCN(C(=O)c2ccccc2F)CC1. The number of amides is 2. The molecular weight excluding hydrogens is 307 g/mol. The molecule has 1 saturated heterocycles. The summed E-state index contributed by atoms with van der Waals surface area (Å²) in [7, 11) is 0. The molecule has 0 saturated carbocycles. The van der Waals surface area contributed by atoms with Gasteiger partial charge in [-0.05, 0) is 37.3 Å². The number of rotatable bonds is 3. The number of hydrogen-bond acceptors (Lipinski definition) is 2. The van der Waals surface area contributed by atoms with Crippen molar-refractivity contribution in [1.82, 2.24) is 9.80 Å². The second-order valence-electron chi connectivity index (χ2n) is 6.48. The van der Waals surface area contributed by atoms with Crippen LogP contribution in [-0.4, -0.2) is 47.8 Å². The van der Waals surface area contributed by atoms with Crippen molar-refractivity contribution in [2.24, 2.45) is 5.92 Å². The normalized spacial score (nSPS) is 21.0. The average Bonchev–Trinajstić information content (AvgIpc) is 2.96. The van der Waals surface area contributed by atoms with Crippen LogP contribution in [0.25, 0.3) is 0 Å². The number of carbonyl (C=O) groups is 2. The Hall–Kier alpha value is -2.17. The smallest absolute Gasteiger partial charge is 0.256 e. The van der Waals surface area contributed by atoms with E-state index in [1.165, 1.54) is 12.1 Å². The summed E-state index contributed by atoms with van der Waals surface area (Å²) in [6.07, 6.45) is 7.66. The predicted molar refractivity (Wildman–Crippen MR) is 90.0 cm³/mol. The molecule has 1 fully saturated rings. The Morgan fingerprint density at radius 2 is 1.83 bits per heavy atom. The zero-order valence-corrected chi connectivity index (χ0v) is 13.8. The van der Waals surface area contributed by atoms with E-state index in [1.807, 2.05) is 4.90 Å². The highest BCUT2D eigenvalue weighted by atomic mass is 19.1. The molecule has 0 aromatic heterocycles. The number of carbonyl (C=O) groups excluding carboxylic acids is 2.